The highest BCUT2D eigenvalue weighted by Crippen LogP contribution is 2.30. The quantitative estimate of drug-likeness (QED) is 0.861. The summed E-state index contributed by atoms with van der Waals surface area (Å²) in [5, 5.41) is 8.87. The van der Waals surface area contributed by atoms with Crippen LogP contribution in [0.5, 0.6) is 0 Å². The van der Waals surface area contributed by atoms with Crippen LogP contribution in [0.3, 0.4) is 0 Å². The number of hydrogen-bond acceptors (Lipinski definition) is 2. The van der Waals surface area contributed by atoms with Crippen LogP contribution in [0, 0.1) is 11.3 Å². The fraction of sp³-hybridized carbons (Fsp3) is 0.0909. The zero-order valence-corrected chi connectivity index (χ0v) is 9.47. The first kappa shape index (κ1) is 12.5. The van der Waals surface area contributed by atoms with Gasteiger partial charge in [-0.2, -0.15) is 18.4 Å². The molecule has 18 heavy (non-hydrogen) atoms. The number of nitrogens with one attached hydrogen (secondary N) is 1. The van der Waals surface area contributed by atoms with Gasteiger partial charge in [0.05, 0.1) is 22.5 Å². The number of H-pyrrole nitrogens is 1. The van der Waals surface area contributed by atoms with Crippen LogP contribution < -0.4 is 0 Å². The maximum atomic E-state index is 12.4. The highest BCUT2D eigenvalue weighted by molar-refractivity contribution is 6.32. The Morgan fingerprint density at radius 1 is 1.33 bits per heavy atom. The summed E-state index contributed by atoms with van der Waals surface area (Å²) in [7, 11) is 0. The van der Waals surface area contributed by atoms with E-state index < -0.39 is 12.0 Å². The molecule has 2 rings (SSSR count). The highest BCUT2D eigenvalue weighted by atomic mass is 35.5. The molecule has 0 saturated carbocycles. The largest absolute Gasteiger partial charge is 0.449 e. The lowest BCUT2D eigenvalue weighted by molar-refractivity contribution is -0.144. The second kappa shape index (κ2) is 4.35. The second-order valence-electron chi connectivity index (χ2n) is 3.45. The molecule has 92 valence electrons. The lowest BCUT2D eigenvalue weighted by Crippen LogP contribution is -2.07. The number of hydrogen-bond donors (Lipinski definition) is 1. The Morgan fingerprint density at radius 3 is 2.56 bits per heavy atom. The molecule has 1 aromatic carbocycles. The van der Waals surface area contributed by atoms with E-state index in [0.29, 0.717) is 5.56 Å². The highest BCUT2D eigenvalue weighted by Gasteiger charge is 2.34. The molecule has 0 spiro atoms. The van der Waals surface area contributed by atoms with Gasteiger partial charge in [-0.25, -0.2) is 4.98 Å². The number of alkyl halides is 3. The fourth-order valence-corrected chi connectivity index (χ4v) is 1.61. The summed E-state index contributed by atoms with van der Waals surface area (Å²) in [6, 6.07) is 6.21. The van der Waals surface area contributed by atoms with Crippen molar-refractivity contribution in [2.75, 3.05) is 0 Å². The predicted octanol–water partition coefficient (Wildman–Crippen LogP) is 3.62. The van der Waals surface area contributed by atoms with Crippen molar-refractivity contribution in [3.8, 4) is 17.3 Å². The molecule has 7 heteroatoms. The first-order valence-corrected chi connectivity index (χ1v) is 5.12. The minimum absolute atomic E-state index is 0.179. The van der Waals surface area contributed by atoms with Gasteiger partial charge in [0.1, 0.15) is 6.07 Å². The van der Waals surface area contributed by atoms with Gasteiger partial charge in [0.15, 0.2) is 0 Å². The summed E-state index contributed by atoms with van der Waals surface area (Å²) in [5.74, 6) is -1.07. The van der Waals surface area contributed by atoms with E-state index in [9.17, 15) is 13.2 Å². The Morgan fingerprint density at radius 2 is 2.06 bits per heavy atom. The Labute approximate surface area is 105 Å². The van der Waals surface area contributed by atoms with Crippen molar-refractivity contribution in [1.82, 2.24) is 9.97 Å². The molecule has 0 atom stereocenters. The molecule has 2 aromatic rings. The first-order valence-electron chi connectivity index (χ1n) is 4.74. The van der Waals surface area contributed by atoms with Crippen molar-refractivity contribution in [3.05, 3.63) is 40.8 Å². The summed E-state index contributed by atoms with van der Waals surface area (Å²) < 4.78 is 37.1. The molecule has 0 radical (unpaired) electrons. The number of benzene rings is 1. The standard InChI is InChI=1S/C11H5ClF3N3/c12-8-3-6(1-2-7(8)4-16)9-5-17-10(18-9)11(13,14)15/h1-3,5H,(H,17,18). The molecule has 0 bridgehead atoms. The van der Waals surface area contributed by atoms with Gasteiger partial charge in [0.2, 0.25) is 5.82 Å². The number of imidazole rings is 1. The Balaban J connectivity index is 2.41. The van der Waals surface area contributed by atoms with Gasteiger partial charge in [0, 0.05) is 5.56 Å². The normalized spacial score (nSPS) is 11.3. The Kier molecular flexibility index (Phi) is 3.01. The van der Waals surface area contributed by atoms with Crippen molar-refractivity contribution >= 4 is 11.6 Å². The van der Waals surface area contributed by atoms with Crippen molar-refractivity contribution in [2.24, 2.45) is 0 Å². The van der Waals surface area contributed by atoms with E-state index in [1.165, 1.54) is 18.2 Å². The second-order valence-corrected chi connectivity index (χ2v) is 3.86. The van der Waals surface area contributed by atoms with E-state index >= 15 is 0 Å². The molecule has 3 nitrogen and oxygen atoms in total. The van der Waals surface area contributed by atoms with Crippen LogP contribution in [0.4, 0.5) is 13.2 Å². The third-order valence-corrected chi connectivity index (χ3v) is 2.56. The number of halogens is 4. The number of nitriles is 1. The van der Waals surface area contributed by atoms with E-state index in [-0.39, 0.29) is 16.3 Å². The third-order valence-electron chi connectivity index (χ3n) is 2.24. The monoisotopic (exact) mass is 271 g/mol. The number of aromatic amines is 1. The molecule has 0 amide bonds. The summed E-state index contributed by atoms with van der Waals surface area (Å²) in [6.45, 7) is 0. The lowest BCUT2D eigenvalue weighted by atomic mass is 10.1. The molecule has 1 N–H and O–H groups in total. The summed E-state index contributed by atoms with van der Waals surface area (Å²) in [4.78, 5) is 5.40. The molecule has 0 aliphatic heterocycles. The van der Waals surface area contributed by atoms with Crippen molar-refractivity contribution in [2.45, 2.75) is 6.18 Å². The molecule has 0 aliphatic rings. The van der Waals surface area contributed by atoms with E-state index in [1.807, 2.05) is 6.07 Å². The van der Waals surface area contributed by atoms with Gasteiger partial charge in [0.25, 0.3) is 0 Å². The van der Waals surface area contributed by atoms with Gasteiger partial charge in [-0.3, -0.25) is 0 Å². The van der Waals surface area contributed by atoms with Crippen LogP contribution in [0.2, 0.25) is 5.02 Å². The summed E-state index contributed by atoms with van der Waals surface area (Å²) in [5.41, 5.74) is 0.881. The maximum absolute atomic E-state index is 12.4. The van der Waals surface area contributed by atoms with Gasteiger partial charge in [-0.1, -0.05) is 17.7 Å². The molecule has 0 aliphatic carbocycles. The van der Waals surface area contributed by atoms with Gasteiger partial charge >= 0.3 is 6.18 Å². The number of nitrogens with zero attached hydrogens (tertiary/aromatic N) is 2. The molecule has 1 aromatic heterocycles. The minimum atomic E-state index is -4.52. The van der Waals surface area contributed by atoms with E-state index in [4.69, 9.17) is 16.9 Å². The maximum Gasteiger partial charge on any atom is 0.449 e. The average Bonchev–Trinajstić information content (AvgIpc) is 2.77. The van der Waals surface area contributed by atoms with Crippen LogP contribution in [0.1, 0.15) is 11.4 Å². The zero-order chi connectivity index (χ0) is 13.3. The SMILES string of the molecule is N#Cc1ccc(-c2cnc(C(F)(F)F)[nH]2)cc1Cl. The summed E-state index contributed by atoms with van der Waals surface area (Å²) >= 11 is 5.80. The predicted molar refractivity (Wildman–Crippen MR) is 58.8 cm³/mol. The molecule has 0 fully saturated rings. The fourth-order valence-electron chi connectivity index (χ4n) is 1.39. The van der Waals surface area contributed by atoms with Crippen LogP contribution in [0.25, 0.3) is 11.3 Å². The van der Waals surface area contributed by atoms with Crippen LogP contribution in [-0.4, -0.2) is 9.97 Å². The average molecular weight is 272 g/mol. The van der Waals surface area contributed by atoms with Crippen molar-refractivity contribution < 1.29 is 13.2 Å². The Bertz CT molecular complexity index is 625. The summed E-state index contributed by atoms with van der Waals surface area (Å²) in [6.07, 6.45) is -3.45. The number of aromatic nitrogens is 2. The van der Waals surface area contributed by atoms with E-state index in [0.717, 1.165) is 6.20 Å². The van der Waals surface area contributed by atoms with E-state index in [2.05, 4.69) is 9.97 Å². The van der Waals surface area contributed by atoms with Crippen LogP contribution in [0.15, 0.2) is 24.4 Å². The van der Waals surface area contributed by atoms with Gasteiger partial charge in [-0.15, -0.1) is 0 Å². The smallest absolute Gasteiger partial charge is 0.334 e. The molecule has 0 unspecified atom stereocenters. The van der Waals surface area contributed by atoms with Crippen LogP contribution >= 0.6 is 11.6 Å². The van der Waals surface area contributed by atoms with Crippen molar-refractivity contribution in [1.29, 1.82) is 5.26 Å². The molecular weight excluding hydrogens is 267 g/mol. The lowest BCUT2D eigenvalue weighted by Gasteiger charge is -2.02. The molecule has 1 heterocycles. The topological polar surface area (TPSA) is 52.5 Å². The zero-order valence-electron chi connectivity index (χ0n) is 8.72. The van der Waals surface area contributed by atoms with Crippen molar-refractivity contribution in [3.63, 3.8) is 0 Å². The minimum Gasteiger partial charge on any atom is -0.334 e. The Hall–Kier alpha value is -2.00. The number of rotatable bonds is 1. The third kappa shape index (κ3) is 2.31. The molecule has 0 saturated heterocycles. The first-order chi connectivity index (χ1) is 8.41. The van der Waals surface area contributed by atoms with E-state index in [1.54, 1.807) is 0 Å². The molecular formula is C11H5ClF3N3. The van der Waals surface area contributed by atoms with Crippen LogP contribution in [-0.2, 0) is 6.18 Å². The van der Waals surface area contributed by atoms with Gasteiger partial charge in [-0.05, 0) is 12.1 Å². The van der Waals surface area contributed by atoms with Gasteiger partial charge < -0.3 is 4.98 Å².